The van der Waals surface area contributed by atoms with Crippen molar-refractivity contribution in [3.63, 3.8) is 0 Å². The fourth-order valence-corrected chi connectivity index (χ4v) is 5.47. The van der Waals surface area contributed by atoms with Crippen molar-refractivity contribution in [2.24, 2.45) is 0 Å². The first kappa shape index (κ1) is 35.8. The number of ether oxygens (including phenoxy) is 1. The van der Waals surface area contributed by atoms with Gasteiger partial charge in [0, 0.05) is 31.9 Å². The molecule has 2 heterocycles. The molecular formula is C32H50N6O6Si. The molecule has 0 spiro atoms. The van der Waals surface area contributed by atoms with E-state index in [1.54, 1.807) is 56.7 Å². The number of amides is 4. The Morgan fingerprint density at radius 1 is 0.978 bits per heavy atom. The van der Waals surface area contributed by atoms with Crippen LogP contribution in [0.25, 0.3) is 5.69 Å². The predicted molar refractivity (Wildman–Crippen MR) is 177 cm³/mol. The number of alkyl carbamates (subject to hydrolysis) is 1. The van der Waals surface area contributed by atoms with Crippen molar-refractivity contribution >= 4 is 32.2 Å². The van der Waals surface area contributed by atoms with Gasteiger partial charge in [-0.2, -0.15) is 4.98 Å². The molecule has 1 fully saturated rings. The normalized spacial score (nSPS) is 16.3. The van der Waals surface area contributed by atoms with Crippen molar-refractivity contribution in [3.8, 4) is 5.69 Å². The molecule has 248 valence electrons. The zero-order chi connectivity index (χ0) is 34.0. The summed E-state index contributed by atoms with van der Waals surface area (Å²) in [6, 6.07) is 8.40. The number of carbonyl (C=O) groups is 3. The first-order valence-electron chi connectivity index (χ1n) is 15.3. The molecule has 12 nitrogen and oxygen atoms in total. The number of hydrogen-bond donors (Lipinski definition) is 2. The van der Waals surface area contributed by atoms with E-state index in [-0.39, 0.29) is 42.4 Å². The van der Waals surface area contributed by atoms with E-state index in [0.717, 1.165) is 5.56 Å². The second-order valence-electron chi connectivity index (χ2n) is 14.7. The summed E-state index contributed by atoms with van der Waals surface area (Å²) in [7, 11) is -1.88. The van der Waals surface area contributed by atoms with Gasteiger partial charge in [0.1, 0.15) is 17.0 Å². The molecule has 1 aromatic carbocycles. The lowest BCUT2D eigenvalue weighted by Crippen LogP contribution is -2.63. The Kier molecular flexibility index (Phi) is 10.6. The Morgan fingerprint density at radius 2 is 1.60 bits per heavy atom. The van der Waals surface area contributed by atoms with E-state index in [0.29, 0.717) is 12.3 Å². The number of hydrogen-bond acceptors (Lipinski definition) is 7. The Labute approximate surface area is 267 Å². The molecule has 0 radical (unpaired) electrons. The third-order valence-electron chi connectivity index (χ3n) is 8.18. The van der Waals surface area contributed by atoms with Crippen molar-refractivity contribution in [1.29, 1.82) is 0 Å². The van der Waals surface area contributed by atoms with Crippen molar-refractivity contribution in [2.45, 2.75) is 104 Å². The fourth-order valence-electron chi connectivity index (χ4n) is 4.51. The Bertz CT molecular complexity index is 1440. The number of rotatable bonds is 7. The van der Waals surface area contributed by atoms with Gasteiger partial charge in [-0.15, -0.1) is 0 Å². The Balaban J connectivity index is 1.58. The molecule has 2 N–H and O–H groups in total. The molecule has 1 saturated heterocycles. The van der Waals surface area contributed by atoms with E-state index in [1.807, 2.05) is 31.2 Å². The zero-order valence-corrected chi connectivity index (χ0v) is 29.6. The molecule has 1 aliphatic rings. The van der Waals surface area contributed by atoms with Crippen molar-refractivity contribution < 1.29 is 23.5 Å². The number of nitrogens with one attached hydrogen (secondary N) is 2. The van der Waals surface area contributed by atoms with Crippen molar-refractivity contribution in [2.75, 3.05) is 25.0 Å². The lowest BCUT2D eigenvalue weighted by atomic mass is 10.0. The van der Waals surface area contributed by atoms with Crippen LogP contribution < -0.4 is 16.3 Å². The van der Waals surface area contributed by atoms with Crippen LogP contribution in [0.4, 0.5) is 15.4 Å². The van der Waals surface area contributed by atoms with E-state index in [4.69, 9.17) is 9.16 Å². The first-order valence-corrected chi connectivity index (χ1v) is 18.2. The van der Waals surface area contributed by atoms with E-state index in [9.17, 15) is 19.2 Å². The molecule has 0 unspecified atom stereocenters. The third-order valence-corrected chi connectivity index (χ3v) is 12.7. The van der Waals surface area contributed by atoms with Gasteiger partial charge >= 0.3 is 17.8 Å². The molecular weight excluding hydrogens is 592 g/mol. The van der Waals surface area contributed by atoms with Crippen LogP contribution in [-0.2, 0) is 20.6 Å². The standard InChI is InChI=1S/C32H50N6O6Si/c1-22-20-36(18-19-37(22)26(39)32(8,9)35-29(42)44-30(2,3)4)27(40)33-25-16-17-38(28(41)34-25)24-14-12-23(13-15-24)21-43-45(10,11)31(5,6)7/h12-17,22H,18-21H2,1-11H3,(H,35,42)(H,33,34,40,41)/t22-/m1/s1. The SMILES string of the molecule is C[C@@H]1CN(C(=O)Nc2ccn(-c3ccc(CO[Si](C)(C)C(C)(C)C)cc3)c(=O)n2)CCN1C(=O)C(C)(C)NC(=O)OC(C)(C)C. The number of carbonyl (C=O) groups excluding carboxylic acids is 3. The van der Waals surface area contributed by atoms with Crippen molar-refractivity contribution in [3.05, 3.63) is 52.6 Å². The van der Waals surface area contributed by atoms with Crippen LogP contribution in [0.5, 0.6) is 0 Å². The summed E-state index contributed by atoms with van der Waals surface area (Å²) < 4.78 is 13.0. The van der Waals surface area contributed by atoms with Crippen LogP contribution in [0.2, 0.25) is 18.1 Å². The fraction of sp³-hybridized carbons (Fsp3) is 0.594. The van der Waals surface area contributed by atoms with E-state index < -0.39 is 37.3 Å². The van der Waals surface area contributed by atoms with Gasteiger partial charge in [-0.3, -0.25) is 14.7 Å². The molecule has 2 aromatic rings. The van der Waals surface area contributed by atoms with Crippen molar-refractivity contribution in [1.82, 2.24) is 24.7 Å². The van der Waals surface area contributed by atoms with E-state index >= 15 is 0 Å². The summed E-state index contributed by atoms with van der Waals surface area (Å²) >= 11 is 0. The lowest BCUT2D eigenvalue weighted by Gasteiger charge is -2.42. The number of aromatic nitrogens is 2. The van der Waals surface area contributed by atoms with E-state index in [2.05, 4.69) is 49.5 Å². The maximum absolute atomic E-state index is 13.3. The summed E-state index contributed by atoms with van der Waals surface area (Å²) in [5.41, 5.74) is -0.746. The molecule has 13 heteroatoms. The van der Waals surface area contributed by atoms with Gasteiger partial charge in [0.2, 0.25) is 5.91 Å². The highest BCUT2D eigenvalue weighted by atomic mass is 28.4. The van der Waals surface area contributed by atoms with Crippen LogP contribution in [0.15, 0.2) is 41.3 Å². The quantitative estimate of drug-likeness (QED) is 0.400. The smallest absolute Gasteiger partial charge is 0.408 e. The topological polar surface area (TPSA) is 135 Å². The minimum absolute atomic E-state index is 0.119. The van der Waals surface area contributed by atoms with Crippen LogP contribution in [0.1, 0.15) is 67.9 Å². The minimum Gasteiger partial charge on any atom is -0.444 e. The number of anilines is 1. The summed E-state index contributed by atoms with van der Waals surface area (Å²) in [5, 5.41) is 5.47. The highest BCUT2D eigenvalue weighted by molar-refractivity contribution is 6.74. The average molecular weight is 643 g/mol. The maximum atomic E-state index is 13.3. The Morgan fingerprint density at radius 3 is 2.13 bits per heavy atom. The van der Waals surface area contributed by atoms with Gasteiger partial charge in [0.05, 0.1) is 12.3 Å². The van der Waals surface area contributed by atoms with Gasteiger partial charge in [-0.1, -0.05) is 32.9 Å². The number of nitrogens with zero attached hydrogens (tertiary/aromatic N) is 4. The van der Waals surface area contributed by atoms with Gasteiger partial charge in [0.25, 0.3) is 0 Å². The first-order chi connectivity index (χ1) is 20.6. The highest BCUT2D eigenvalue weighted by Crippen LogP contribution is 2.37. The Hall–Kier alpha value is -3.71. The summed E-state index contributed by atoms with van der Waals surface area (Å²) in [4.78, 5) is 58.7. The monoisotopic (exact) mass is 642 g/mol. The zero-order valence-electron chi connectivity index (χ0n) is 28.6. The highest BCUT2D eigenvalue weighted by Gasteiger charge is 2.40. The minimum atomic E-state index is -1.88. The molecule has 1 aliphatic heterocycles. The van der Waals surface area contributed by atoms with Gasteiger partial charge in [-0.25, -0.2) is 14.4 Å². The number of urea groups is 1. The summed E-state index contributed by atoms with van der Waals surface area (Å²) in [5.74, 6) is -0.142. The summed E-state index contributed by atoms with van der Waals surface area (Å²) in [6.45, 7) is 22.7. The number of benzene rings is 1. The molecule has 45 heavy (non-hydrogen) atoms. The molecule has 3 rings (SSSR count). The average Bonchev–Trinajstić information content (AvgIpc) is 2.90. The van der Waals surface area contributed by atoms with E-state index in [1.165, 1.54) is 4.57 Å². The van der Waals surface area contributed by atoms with Crippen LogP contribution in [0.3, 0.4) is 0 Å². The predicted octanol–water partition coefficient (Wildman–Crippen LogP) is 5.12. The van der Waals surface area contributed by atoms with Gasteiger partial charge < -0.3 is 24.3 Å². The lowest BCUT2D eigenvalue weighted by molar-refractivity contribution is -0.141. The second kappa shape index (κ2) is 13.3. The van der Waals surface area contributed by atoms with Crippen LogP contribution in [0, 0.1) is 0 Å². The second-order valence-corrected chi connectivity index (χ2v) is 19.5. The van der Waals surface area contributed by atoms with Crippen LogP contribution in [-0.4, -0.2) is 82.5 Å². The molecule has 1 atom stereocenters. The maximum Gasteiger partial charge on any atom is 0.408 e. The number of piperazine rings is 1. The summed E-state index contributed by atoms with van der Waals surface area (Å²) in [6.07, 6.45) is 0.898. The molecule has 1 aromatic heterocycles. The molecule has 4 amide bonds. The van der Waals surface area contributed by atoms with Crippen LogP contribution >= 0.6 is 0 Å². The molecule has 0 bridgehead atoms. The molecule has 0 aliphatic carbocycles. The van der Waals surface area contributed by atoms with Gasteiger partial charge in [-0.05, 0) is 83.4 Å². The third kappa shape index (κ3) is 9.39. The molecule has 0 saturated carbocycles. The largest absolute Gasteiger partial charge is 0.444 e. The van der Waals surface area contributed by atoms with Gasteiger partial charge in [0.15, 0.2) is 8.32 Å².